The van der Waals surface area contributed by atoms with Crippen LogP contribution in [0.5, 0.6) is 0 Å². The van der Waals surface area contributed by atoms with E-state index in [1.165, 1.54) is 31.4 Å². The summed E-state index contributed by atoms with van der Waals surface area (Å²) < 4.78 is 12.9. The van der Waals surface area contributed by atoms with Crippen LogP contribution in [0.2, 0.25) is 0 Å². The lowest BCUT2D eigenvalue weighted by Gasteiger charge is -2.33. The van der Waals surface area contributed by atoms with Gasteiger partial charge in [-0.25, -0.2) is 9.37 Å². The molecule has 0 atom stereocenters. The highest BCUT2D eigenvalue weighted by Gasteiger charge is 2.26. The van der Waals surface area contributed by atoms with Crippen molar-refractivity contribution in [2.75, 3.05) is 11.9 Å². The average Bonchev–Trinajstić information content (AvgIpc) is 2.46. The summed E-state index contributed by atoms with van der Waals surface area (Å²) in [5.41, 5.74) is 0.327. The molecule has 1 fully saturated rings. The van der Waals surface area contributed by atoms with Crippen LogP contribution in [-0.2, 0) is 0 Å². The van der Waals surface area contributed by atoms with Crippen molar-refractivity contribution in [3.63, 3.8) is 0 Å². The van der Waals surface area contributed by atoms with Gasteiger partial charge in [-0.15, -0.1) is 0 Å². The molecule has 0 radical (unpaired) electrons. The summed E-state index contributed by atoms with van der Waals surface area (Å²) in [5.74, 6) is -0.507. The Kier molecular flexibility index (Phi) is 5.31. The Bertz CT molecular complexity index is 418. The molecule has 0 bridgehead atoms. The highest BCUT2D eigenvalue weighted by atomic mass is 79.9. The van der Waals surface area contributed by atoms with E-state index >= 15 is 0 Å². The Hall–Kier alpha value is -0.970. The van der Waals surface area contributed by atoms with E-state index in [1.54, 1.807) is 0 Å². The van der Waals surface area contributed by atoms with Crippen LogP contribution >= 0.6 is 15.9 Å². The van der Waals surface area contributed by atoms with Gasteiger partial charge in [0.15, 0.2) is 0 Å². The lowest BCUT2D eigenvalue weighted by molar-refractivity contribution is 0.0645. The molecule has 1 aromatic rings. The zero-order chi connectivity index (χ0) is 13.7. The Labute approximate surface area is 121 Å². The monoisotopic (exact) mass is 328 g/mol. The van der Waals surface area contributed by atoms with Crippen molar-refractivity contribution in [3.8, 4) is 0 Å². The molecule has 104 valence electrons. The number of carbonyl (C=O) groups is 1. The first-order chi connectivity index (χ1) is 9.22. The highest BCUT2D eigenvalue weighted by molar-refractivity contribution is 9.09. The van der Waals surface area contributed by atoms with Gasteiger partial charge in [0.1, 0.15) is 11.5 Å². The number of nitrogens with zero attached hydrogens (tertiary/aromatic N) is 2. The fourth-order valence-electron chi connectivity index (χ4n) is 2.58. The lowest BCUT2D eigenvalue weighted by Crippen LogP contribution is -2.42. The maximum atomic E-state index is 12.9. The third-order valence-electron chi connectivity index (χ3n) is 3.55. The molecule has 5 heteroatoms. The second kappa shape index (κ2) is 6.98. The van der Waals surface area contributed by atoms with E-state index in [-0.39, 0.29) is 5.91 Å². The summed E-state index contributed by atoms with van der Waals surface area (Å²) >= 11 is 3.39. The van der Waals surface area contributed by atoms with Crippen LogP contribution in [0.4, 0.5) is 4.39 Å². The van der Waals surface area contributed by atoms with E-state index in [4.69, 9.17) is 0 Å². The number of rotatable bonds is 4. The van der Waals surface area contributed by atoms with Gasteiger partial charge >= 0.3 is 0 Å². The van der Waals surface area contributed by atoms with Crippen LogP contribution in [-0.4, -0.2) is 33.7 Å². The molecule has 0 spiro atoms. The van der Waals surface area contributed by atoms with Crippen molar-refractivity contribution in [2.45, 2.75) is 38.1 Å². The van der Waals surface area contributed by atoms with Crippen molar-refractivity contribution in [3.05, 3.63) is 29.8 Å². The van der Waals surface area contributed by atoms with Crippen molar-refractivity contribution in [1.82, 2.24) is 9.88 Å². The fraction of sp³-hybridized carbons (Fsp3) is 0.571. The Morgan fingerprint density at radius 1 is 1.37 bits per heavy atom. The van der Waals surface area contributed by atoms with Gasteiger partial charge in [0.2, 0.25) is 0 Å². The Balaban J connectivity index is 2.13. The van der Waals surface area contributed by atoms with Crippen LogP contribution in [0, 0.1) is 5.82 Å². The molecule has 19 heavy (non-hydrogen) atoms. The van der Waals surface area contributed by atoms with E-state index in [2.05, 4.69) is 20.9 Å². The smallest absolute Gasteiger partial charge is 0.272 e. The van der Waals surface area contributed by atoms with Crippen LogP contribution in [0.25, 0.3) is 0 Å². The molecule has 2 rings (SSSR count). The van der Waals surface area contributed by atoms with Gasteiger partial charge in [0, 0.05) is 17.9 Å². The third-order valence-corrected chi connectivity index (χ3v) is 3.90. The maximum Gasteiger partial charge on any atom is 0.272 e. The number of hydrogen-bond acceptors (Lipinski definition) is 2. The van der Waals surface area contributed by atoms with Gasteiger partial charge in [0.25, 0.3) is 5.91 Å². The molecule has 1 saturated carbocycles. The fourth-order valence-corrected chi connectivity index (χ4v) is 2.97. The predicted octanol–water partition coefficient (Wildman–Crippen LogP) is 3.39. The van der Waals surface area contributed by atoms with E-state index in [0.717, 1.165) is 24.4 Å². The molecule has 1 heterocycles. The Morgan fingerprint density at radius 2 is 2.11 bits per heavy atom. The first-order valence-electron chi connectivity index (χ1n) is 6.71. The quantitative estimate of drug-likeness (QED) is 0.794. The van der Waals surface area contributed by atoms with Gasteiger partial charge in [-0.1, -0.05) is 35.2 Å². The normalized spacial score (nSPS) is 16.3. The Morgan fingerprint density at radius 3 is 2.68 bits per heavy atom. The van der Waals surface area contributed by atoms with Crippen LogP contribution in [0.15, 0.2) is 18.3 Å². The molecule has 0 saturated heterocycles. The minimum atomic E-state index is -0.416. The van der Waals surface area contributed by atoms with Crippen LogP contribution in [0.3, 0.4) is 0 Å². The first-order valence-corrected chi connectivity index (χ1v) is 7.83. The van der Waals surface area contributed by atoms with Crippen molar-refractivity contribution < 1.29 is 9.18 Å². The van der Waals surface area contributed by atoms with Gasteiger partial charge < -0.3 is 4.90 Å². The molecule has 1 aliphatic carbocycles. The molecule has 1 amide bonds. The number of pyridine rings is 1. The molecule has 0 aliphatic heterocycles. The first kappa shape index (κ1) is 14.4. The molecule has 0 aromatic carbocycles. The van der Waals surface area contributed by atoms with Crippen LogP contribution in [0.1, 0.15) is 42.6 Å². The summed E-state index contributed by atoms with van der Waals surface area (Å²) in [6.45, 7) is 0.669. The molecular formula is C14H18BrFN2O. The van der Waals surface area contributed by atoms with Gasteiger partial charge in [0.05, 0.1) is 6.20 Å². The number of hydrogen-bond donors (Lipinski definition) is 0. The summed E-state index contributed by atoms with van der Waals surface area (Å²) in [5, 5.41) is 0.746. The molecule has 3 nitrogen and oxygen atoms in total. The SMILES string of the molecule is O=C(c1ccc(F)cn1)N(CCBr)C1CCCCC1. The number of alkyl halides is 1. The molecule has 0 N–H and O–H groups in total. The standard InChI is InChI=1S/C14H18BrFN2O/c15-8-9-18(12-4-2-1-3-5-12)14(19)13-7-6-11(16)10-17-13/h6-7,10,12H,1-5,8-9H2. The number of halogens is 2. The molecule has 0 unspecified atom stereocenters. The van der Waals surface area contributed by atoms with Crippen molar-refractivity contribution in [1.29, 1.82) is 0 Å². The van der Waals surface area contributed by atoms with Gasteiger partial charge in [-0.05, 0) is 25.0 Å². The topological polar surface area (TPSA) is 33.2 Å². The van der Waals surface area contributed by atoms with Gasteiger partial charge in [-0.3, -0.25) is 4.79 Å². The third kappa shape index (κ3) is 3.75. The lowest BCUT2D eigenvalue weighted by atomic mass is 9.94. The molecule has 1 aliphatic rings. The summed E-state index contributed by atoms with van der Waals surface area (Å²) in [6, 6.07) is 3.04. The van der Waals surface area contributed by atoms with Gasteiger partial charge in [-0.2, -0.15) is 0 Å². The highest BCUT2D eigenvalue weighted by Crippen LogP contribution is 2.23. The molecule has 1 aromatic heterocycles. The minimum Gasteiger partial charge on any atom is -0.333 e. The zero-order valence-electron chi connectivity index (χ0n) is 10.8. The van der Waals surface area contributed by atoms with Crippen molar-refractivity contribution >= 4 is 21.8 Å². The summed E-state index contributed by atoms with van der Waals surface area (Å²) in [4.78, 5) is 18.2. The minimum absolute atomic E-state index is 0.0913. The van der Waals surface area contributed by atoms with E-state index in [1.807, 2.05) is 4.90 Å². The van der Waals surface area contributed by atoms with E-state index in [9.17, 15) is 9.18 Å². The largest absolute Gasteiger partial charge is 0.333 e. The van der Waals surface area contributed by atoms with E-state index in [0.29, 0.717) is 18.3 Å². The zero-order valence-corrected chi connectivity index (χ0v) is 12.4. The number of amides is 1. The maximum absolute atomic E-state index is 12.9. The summed E-state index contributed by atoms with van der Waals surface area (Å²) in [7, 11) is 0. The molecular weight excluding hydrogens is 311 g/mol. The number of carbonyl (C=O) groups excluding carboxylic acids is 1. The second-order valence-electron chi connectivity index (χ2n) is 4.84. The second-order valence-corrected chi connectivity index (χ2v) is 5.63. The van der Waals surface area contributed by atoms with E-state index < -0.39 is 5.82 Å². The number of aromatic nitrogens is 1. The van der Waals surface area contributed by atoms with Crippen molar-refractivity contribution in [2.24, 2.45) is 0 Å². The van der Waals surface area contributed by atoms with Crippen LogP contribution < -0.4 is 0 Å². The average molecular weight is 329 g/mol. The predicted molar refractivity (Wildman–Crippen MR) is 75.9 cm³/mol. The summed E-state index contributed by atoms with van der Waals surface area (Å²) in [6.07, 6.45) is 6.81.